The summed E-state index contributed by atoms with van der Waals surface area (Å²) in [6.07, 6.45) is 3.52. The fourth-order valence-electron chi connectivity index (χ4n) is 2.01. The maximum Gasteiger partial charge on any atom is 0.325 e. The van der Waals surface area contributed by atoms with Crippen molar-refractivity contribution in [2.75, 3.05) is 6.16 Å². The van der Waals surface area contributed by atoms with Crippen LogP contribution >= 0.6 is 7.52 Å². The molecule has 1 aromatic heterocycles. The number of nitrogens with zero attached hydrogens (tertiary/aromatic N) is 1. The third kappa shape index (κ3) is 4.77. The van der Waals surface area contributed by atoms with E-state index in [2.05, 4.69) is 10.1 Å². The molecular formula is C15H17N2O4P. The van der Waals surface area contributed by atoms with Crippen molar-refractivity contribution in [2.24, 2.45) is 0 Å². The summed E-state index contributed by atoms with van der Waals surface area (Å²) in [5.41, 5.74) is 1.26. The van der Waals surface area contributed by atoms with Crippen LogP contribution in [-0.2, 0) is 15.8 Å². The Bertz CT molecular complexity index is 664. The lowest BCUT2D eigenvalue weighted by atomic mass is 10.1. The Hall–Kier alpha value is -2.01. The van der Waals surface area contributed by atoms with Crippen molar-refractivity contribution in [1.82, 2.24) is 10.1 Å². The lowest BCUT2D eigenvalue weighted by Gasteiger charge is -2.19. The zero-order chi connectivity index (χ0) is 16.0. The Balaban J connectivity index is 2.05. The van der Waals surface area contributed by atoms with Gasteiger partial charge in [0.25, 0.3) is 7.52 Å². The summed E-state index contributed by atoms with van der Waals surface area (Å²) in [6, 6.07) is 10.7. The van der Waals surface area contributed by atoms with E-state index in [4.69, 9.17) is 0 Å². The molecule has 1 heterocycles. The molecule has 0 saturated carbocycles. The van der Waals surface area contributed by atoms with Gasteiger partial charge in [0.2, 0.25) is 0 Å². The molecule has 2 atom stereocenters. The lowest BCUT2D eigenvalue weighted by molar-refractivity contribution is -0.139. The summed E-state index contributed by atoms with van der Waals surface area (Å²) < 4.78 is 12.2. The van der Waals surface area contributed by atoms with E-state index in [1.807, 2.05) is 0 Å². The summed E-state index contributed by atoms with van der Waals surface area (Å²) in [6.45, 7) is 0. The van der Waals surface area contributed by atoms with E-state index >= 15 is 0 Å². The molecule has 2 rings (SSSR count). The normalized spacial score (nSPS) is 15.0. The Morgan fingerprint density at radius 1 is 1.23 bits per heavy atom. The Morgan fingerprint density at radius 3 is 2.55 bits per heavy atom. The number of aryl methyl sites for hydroxylation is 1. The summed E-state index contributed by atoms with van der Waals surface area (Å²) >= 11 is 0. The van der Waals surface area contributed by atoms with E-state index in [-0.39, 0.29) is 6.16 Å². The first-order chi connectivity index (χ1) is 10.5. The molecule has 22 heavy (non-hydrogen) atoms. The number of carboxylic acids is 1. The third-order valence-corrected chi connectivity index (χ3v) is 4.63. The highest BCUT2D eigenvalue weighted by Crippen LogP contribution is 2.39. The molecule has 7 heteroatoms. The molecule has 2 aromatic rings. The largest absolute Gasteiger partial charge is 0.480 e. The van der Waals surface area contributed by atoms with Crippen molar-refractivity contribution in [3.8, 4) is 0 Å². The molecule has 0 radical (unpaired) electrons. The first-order valence-corrected chi connectivity index (χ1v) is 8.59. The van der Waals surface area contributed by atoms with E-state index in [9.17, 15) is 19.4 Å². The number of hydrogen-bond donors (Lipinski definition) is 3. The number of hydrogen-bond acceptors (Lipinski definition) is 3. The van der Waals surface area contributed by atoms with Crippen LogP contribution in [0.1, 0.15) is 17.2 Å². The molecule has 0 aliphatic rings. The Kier molecular flexibility index (Phi) is 5.44. The average molecular weight is 320 g/mol. The van der Waals surface area contributed by atoms with Gasteiger partial charge in [-0.25, -0.2) is 5.09 Å². The van der Waals surface area contributed by atoms with Crippen molar-refractivity contribution < 1.29 is 19.4 Å². The van der Waals surface area contributed by atoms with Crippen molar-refractivity contribution in [3.05, 3.63) is 66.0 Å². The van der Waals surface area contributed by atoms with Crippen molar-refractivity contribution in [3.63, 3.8) is 0 Å². The molecule has 6 nitrogen and oxygen atoms in total. The molecular weight excluding hydrogens is 303 g/mol. The maximum atomic E-state index is 12.2. The van der Waals surface area contributed by atoms with E-state index in [1.165, 1.54) is 0 Å². The van der Waals surface area contributed by atoms with Gasteiger partial charge in [-0.2, -0.15) is 0 Å². The SMILES string of the molecule is O=C(O)C(NP(=O)(O)CCc1cccnc1)c1ccccc1. The number of carboxylic acid groups (broad SMARTS) is 1. The summed E-state index contributed by atoms with van der Waals surface area (Å²) in [7, 11) is -3.79. The summed E-state index contributed by atoms with van der Waals surface area (Å²) in [5.74, 6) is -1.19. The van der Waals surface area contributed by atoms with Crippen LogP contribution in [0.5, 0.6) is 0 Å². The van der Waals surface area contributed by atoms with E-state index in [1.54, 1.807) is 54.9 Å². The second-order valence-corrected chi connectivity index (χ2v) is 6.96. The minimum Gasteiger partial charge on any atom is -0.480 e. The van der Waals surface area contributed by atoms with Crippen LogP contribution in [0.15, 0.2) is 54.9 Å². The molecule has 0 spiro atoms. The van der Waals surface area contributed by atoms with Gasteiger partial charge in [0, 0.05) is 18.6 Å². The highest BCUT2D eigenvalue weighted by Gasteiger charge is 2.28. The van der Waals surface area contributed by atoms with Crippen LogP contribution in [0.25, 0.3) is 0 Å². The molecule has 0 fully saturated rings. The number of benzene rings is 1. The highest BCUT2D eigenvalue weighted by molar-refractivity contribution is 7.55. The van der Waals surface area contributed by atoms with Crippen molar-refractivity contribution >= 4 is 13.5 Å². The molecule has 0 saturated heterocycles. The smallest absolute Gasteiger partial charge is 0.325 e. The molecule has 3 N–H and O–H groups in total. The van der Waals surface area contributed by atoms with Crippen LogP contribution in [0.4, 0.5) is 0 Å². The predicted molar refractivity (Wildman–Crippen MR) is 82.6 cm³/mol. The van der Waals surface area contributed by atoms with Gasteiger partial charge in [0.1, 0.15) is 6.04 Å². The fourth-order valence-corrected chi connectivity index (χ4v) is 3.36. The summed E-state index contributed by atoms with van der Waals surface area (Å²) in [4.78, 5) is 25.3. The predicted octanol–water partition coefficient (Wildman–Crippen LogP) is 2.22. The van der Waals surface area contributed by atoms with Gasteiger partial charge >= 0.3 is 5.97 Å². The van der Waals surface area contributed by atoms with Gasteiger partial charge in [-0.1, -0.05) is 36.4 Å². The number of rotatable bonds is 7. The van der Waals surface area contributed by atoms with Crippen molar-refractivity contribution in [1.29, 1.82) is 0 Å². The lowest BCUT2D eigenvalue weighted by Crippen LogP contribution is -2.27. The molecule has 0 aliphatic carbocycles. The van der Waals surface area contributed by atoms with E-state index in [0.29, 0.717) is 12.0 Å². The topological polar surface area (TPSA) is 99.5 Å². The van der Waals surface area contributed by atoms with Gasteiger partial charge < -0.3 is 10.00 Å². The van der Waals surface area contributed by atoms with Crippen LogP contribution in [0.2, 0.25) is 0 Å². The number of pyridine rings is 1. The van der Waals surface area contributed by atoms with E-state index < -0.39 is 19.5 Å². The number of aromatic nitrogens is 1. The molecule has 0 aliphatic heterocycles. The van der Waals surface area contributed by atoms with Gasteiger partial charge in [-0.15, -0.1) is 0 Å². The monoisotopic (exact) mass is 320 g/mol. The standard InChI is InChI=1S/C15H17N2O4P/c18-15(19)14(13-6-2-1-3-7-13)17-22(20,21)10-8-12-5-4-9-16-11-12/h1-7,9,11,14H,8,10H2,(H,18,19)(H2,17,20,21). The maximum absolute atomic E-state index is 12.2. The van der Waals surface area contributed by atoms with Crippen molar-refractivity contribution in [2.45, 2.75) is 12.5 Å². The zero-order valence-electron chi connectivity index (χ0n) is 11.8. The fraction of sp³-hybridized carbons (Fsp3) is 0.200. The van der Waals surface area contributed by atoms with Crippen LogP contribution < -0.4 is 5.09 Å². The molecule has 1 aromatic carbocycles. The van der Waals surface area contributed by atoms with Gasteiger partial charge in [0.15, 0.2) is 0 Å². The quantitative estimate of drug-likeness (QED) is 0.677. The second-order valence-electron chi connectivity index (χ2n) is 4.85. The first-order valence-electron chi connectivity index (χ1n) is 6.74. The average Bonchev–Trinajstić information content (AvgIpc) is 2.52. The third-order valence-electron chi connectivity index (χ3n) is 3.14. The molecule has 2 unspecified atom stereocenters. The molecule has 0 amide bonds. The van der Waals surface area contributed by atoms with Crippen LogP contribution in [-0.4, -0.2) is 27.1 Å². The van der Waals surface area contributed by atoms with E-state index in [0.717, 1.165) is 5.56 Å². The second kappa shape index (κ2) is 7.31. The number of nitrogens with one attached hydrogen (secondary N) is 1. The first kappa shape index (κ1) is 16.4. The van der Waals surface area contributed by atoms with Gasteiger partial charge in [-0.05, 0) is 23.6 Å². The zero-order valence-corrected chi connectivity index (χ0v) is 12.7. The van der Waals surface area contributed by atoms with Gasteiger partial charge in [0.05, 0.1) is 0 Å². The van der Waals surface area contributed by atoms with Gasteiger partial charge in [-0.3, -0.25) is 14.3 Å². The molecule has 116 valence electrons. The number of carbonyl (C=O) groups is 1. The van der Waals surface area contributed by atoms with Crippen LogP contribution in [0.3, 0.4) is 0 Å². The Labute approximate surface area is 128 Å². The minimum absolute atomic E-state index is 0.0602. The minimum atomic E-state index is -3.79. The number of aliphatic carboxylic acids is 1. The Morgan fingerprint density at radius 2 is 1.95 bits per heavy atom. The van der Waals surface area contributed by atoms with Crippen LogP contribution in [0, 0.1) is 0 Å². The molecule has 0 bridgehead atoms. The highest BCUT2D eigenvalue weighted by atomic mass is 31.2. The summed E-state index contributed by atoms with van der Waals surface area (Å²) in [5, 5.41) is 11.6.